The predicted octanol–water partition coefficient (Wildman–Crippen LogP) is 4.74. The summed E-state index contributed by atoms with van der Waals surface area (Å²) in [6.45, 7) is 4.16. The van der Waals surface area contributed by atoms with Crippen molar-refractivity contribution < 1.29 is 8.81 Å². The maximum atomic E-state index is 13.0. The van der Waals surface area contributed by atoms with Gasteiger partial charge in [0.15, 0.2) is 12.0 Å². The Morgan fingerprint density at radius 1 is 1.09 bits per heavy atom. The minimum atomic E-state index is -0.237. The Hall–Kier alpha value is -3.94. The van der Waals surface area contributed by atoms with Gasteiger partial charge in [-0.15, -0.1) is 0 Å². The Kier molecular flexibility index (Phi) is 5.89. The van der Waals surface area contributed by atoms with Gasteiger partial charge in [-0.3, -0.25) is 4.99 Å². The molecule has 0 spiro atoms. The molecule has 0 atom stereocenters. The highest BCUT2D eigenvalue weighted by Gasteiger charge is 2.15. The summed E-state index contributed by atoms with van der Waals surface area (Å²) in [6.07, 6.45) is 9.32. The first kappa shape index (κ1) is 20.9. The third kappa shape index (κ3) is 4.64. The van der Waals surface area contributed by atoms with Crippen LogP contribution in [0, 0.1) is 12.7 Å². The van der Waals surface area contributed by atoms with E-state index in [0.29, 0.717) is 13.1 Å². The molecule has 0 bridgehead atoms. The number of aromatic nitrogens is 3. The van der Waals surface area contributed by atoms with E-state index in [2.05, 4.69) is 26.7 Å². The lowest BCUT2D eigenvalue weighted by Crippen LogP contribution is -2.32. The number of fused-ring (bicyclic) bond motifs is 1. The quantitative estimate of drug-likeness (QED) is 0.420. The molecule has 0 amide bonds. The molecule has 2 aromatic carbocycles. The Labute approximate surface area is 191 Å². The first-order chi connectivity index (χ1) is 16.2. The van der Waals surface area contributed by atoms with E-state index in [4.69, 9.17) is 9.41 Å². The van der Waals surface area contributed by atoms with Gasteiger partial charge in [0.1, 0.15) is 17.2 Å². The second kappa shape index (κ2) is 9.28. The lowest BCUT2D eigenvalue weighted by Gasteiger charge is -2.18. The Bertz CT molecular complexity index is 1320. The first-order valence-corrected chi connectivity index (χ1v) is 11.0. The summed E-state index contributed by atoms with van der Waals surface area (Å²) in [5.41, 5.74) is 6.43. The summed E-state index contributed by atoms with van der Waals surface area (Å²) in [6, 6.07) is 10.5. The first-order valence-electron chi connectivity index (χ1n) is 11.0. The van der Waals surface area contributed by atoms with Crippen molar-refractivity contribution in [3.8, 4) is 5.69 Å². The summed E-state index contributed by atoms with van der Waals surface area (Å²) in [5.74, 6) is 0.670. The van der Waals surface area contributed by atoms with Crippen molar-refractivity contribution in [2.45, 2.75) is 19.8 Å². The number of aliphatic imine (C=N–C) groups is 1. The van der Waals surface area contributed by atoms with Crippen molar-refractivity contribution in [3.05, 3.63) is 78.0 Å². The van der Waals surface area contributed by atoms with Gasteiger partial charge in [0, 0.05) is 37.1 Å². The zero-order valence-corrected chi connectivity index (χ0v) is 18.4. The average molecular weight is 445 g/mol. The zero-order chi connectivity index (χ0) is 22.6. The fourth-order valence-corrected chi connectivity index (χ4v) is 3.97. The van der Waals surface area contributed by atoms with Crippen LogP contribution in [0.15, 0.2) is 70.3 Å². The van der Waals surface area contributed by atoms with E-state index in [9.17, 15) is 4.39 Å². The van der Waals surface area contributed by atoms with E-state index in [1.54, 1.807) is 18.5 Å². The van der Waals surface area contributed by atoms with E-state index in [1.165, 1.54) is 18.5 Å². The molecule has 0 saturated heterocycles. The number of imidazole rings is 1. The molecule has 1 aliphatic rings. The summed E-state index contributed by atoms with van der Waals surface area (Å²) in [7, 11) is 0. The summed E-state index contributed by atoms with van der Waals surface area (Å²) < 4.78 is 20.8. The van der Waals surface area contributed by atoms with Crippen LogP contribution in [-0.2, 0) is 0 Å². The number of hydrogen-bond acceptors (Lipinski definition) is 6. The number of benzene rings is 2. The zero-order valence-electron chi connectivity index (χ0n) is 18.4. The number of oxazole rings is 1. The molecule has 0 radical (unpaired) electrons. The van der Waals surface area contributed by atoms with Crippen LogP contribution in [0.4, 0.5) is 10.1 Å². The second-order valence-electron chi connectivity index (χ2n) is 7.99. The van der Waals surface area contributed by atoms with Gasteiger partial charge in [-0.2, -0.15) is 0 Å². The summed E-state index contributed by atoms with van der Waals surface area (Å²) in [5, 5.41) is 6.73. The van der Waals surface area contributed by atoms with Gasteiger partial charge in [0.2, 0.25) is 0 Å². The van der Waals surface area contributed by atoms with Crippen LogP contribution in [0.25, 0.3) is 22.9 Å². The molecule has 1 aliphatic heterocycles. The monoisotopic (exact) mass is 444 g/mol. The number of hydrogen-bond donors (Lipinski definition) is 2. The maximum absolute atomic E-state index is 13.0. The normalized spacial score (nSPS) is 15.1. The van der Waals surface area contributed by atoms with Gasteiger partial charge in [-0.05, 0) is 67.8 Å². The highest BCUT2D eigenvalue weighted by Crippen LogP contribution is 2.28. The second-order valence-corrected chi connectivity index (χ2v) is 7.99. The third-order valence-corrected chi connectivity index (χ3v) is 5.58. The molecule has 33 heavy (non-hydrogen) atoms. The number of nitrogens with zero attached hydrogens (tertiary/aromatic N) is 4. The van der Waals surface area contributed by atoms with Gasteiger partial charge in [0.05, 0.1) is 17.7 Å². The molecule has 0 saturated carbocycles. The SMILES string of the molecule is Cc1cn(-c2ccc(/C=C3\CCCN=C3NCCNc3ccc(F)cc3)c3ocnc23)cn1. The predicted molar refractivity (Wildman–Crippen MR) is 128 cm³/mol. The largest absolute Gasteiger partial charge is 0.443 e. The van der Waals surface area contributed by atoms with Crippen LogP contribution in [0.5, 0.6) is 0 Å². The van der Waals surface area contributed by atoms with Crippen molar-refractivity contribution in [2.24, 2.45) is 4.99 Å². The molecule has 2 N–H and O–H groups in total. The third-order valence-electron chi connectivity index (χ3n) is 5.58. The minimum absolute atomic E-state index is 0.237. The van der Waals surface area contributed by atoms with Crippen LogP contribution in [-0.4, -0.2) is 40.0 Å². The van der Waals surface area contributed by atoms with Gasteiger partial charge >= 0.3 is 0 Å². The van der Waals surface area contributed by atoms with Gasteiger partial charge < -0.3 is 19.6 Å². The molecule has 5 rings (SSSR count). The number of amidine groups is 1. The molecular weight excluding hydrogens is 419 g/mol. The van der Waals surface area contributed by atoms with Crippen molar-refractivity contribution >= 4 is 28.7 Å². The standard InChI is InChI=1S/C25H25FN6O/c1-17-14-32(15-30-17)22-9-4-18(24-23(22)31-16-33-24)13-19-3-2-10-28-25(19)29-12-11-27-21-7-5-20(26)6-8-21/h4-9,13-16,27H,2-3,10-12H2,1H3,(H,28,29)/b19-13+. The topological polar surface area (TPSA) is 80.3 Å². The van der Waals surface area contributed by atoms with Gasteiger partial charge in [0.25, 0.3) is 0 Å². The number of aryl methyl sites for hydroxylation is 1. The molecule has 168 valence electrons. The summed E-state index contributed by atoms with van der Waals surface area (Å²) >= 11 is 0. The minimum Gasteiger partial charge on any atom is -0.443 e. The Morgan fingerprint density at radius 3 is 2.76 bits per heavy atom. The summed E-state index contributed by atoms with van der Waals surface area (Å²) in [4.78, 5) is 13.5. The number of anilines is 1. The smallest absolute Gasteiger partial charge is 0.182 e. The lowest BCUT2D eigenvalue weighted by molar-refractivity contribution is 0.601. The maximum Gasteiger partial charge on any atom is 0.182 e. The Morgan fingerprint density at radius 2 is 1.94 bits per heavy atom. The van der Waals surface area contributed by atoms with Crippen LogP contribution in [0.1, 0.15) is 24.1 Å². The van der Waals surface area contributed by atoms with Crippen LogP contribution in [0.3, 0.4) is 0 Å². The molecule has 0 fully saturated rings. The average Bonchev–Trinajstić information content (AvgIpc) is 3.49. The van der Waals surface area contributed by atoms with Crippen LogP contribution in [0.2, 0.25) is 0 Å². The molecule has 4 aromatic rings. The molecule has 8 heteroatoms. The van der Waals surface area contributed by atoms with Crippen LogP contribution >= 0.6 is 0 Å². The molecule has 0 aliphatic carbocycles. The molecular formula is C25H25FN6O. The van der Waals surface area contributed by atoms with Gasteiger partial charge in [-0.25, -0.2) is 14.4 Å². The molecule has 0 unspecified atom stereocenters. The molecule has 2 aromatic heterocycles. The highest BCUT2D eigenvalue weighted by atomic mass is 19.1. The van der Waals surface area contributed by atoms with Crippen molar-refractivity contribution in [3.63, 3.8) is 0 Å². The van der Waals surface area contributed by atoms with E-state index < -0.39 is 0 Å². The number of halogens is 1. The van der Waals surface area contributed by atoms with Crippen molar-refractivity contribution in [1.82, 2.24) is 19.9 Å². The van der Waals surface area contributed by atoms with E-state index in [1.807, 2.05) is 29.8 Å². The Balaban J connectivity index is 1.32. The fourth-order valence-electron chi connectivity index (χ4n) is 3.97. The van der Waals surface area contributed by atoms with Crippen molar-refractivity contribution in [2.75, 3.05) is 25.0 Å². The van der Waals surface area contributed by atoms with Crippen molar-refractivity contribution in [1.29, 1.82) is 0 Å². The number of nitrogens with one attached hydrogen (secondary N) is 2. The van der Waals surface area contributed by atoms with E-state index >= 15 is 0 Å². The fraction of sp³-hybridized carbons (Fsp3) is 0.240. The highest BCUT2D eigenvalue weighted by molar-refractivity contribution is 6.04. The molecule has 3 heterocycles. The molecule has 7 nitrogen and oxygen atoms in total. The van der Waals surface area contributed by atoms with E-state index in [0.717, 1.165) is 64.5 Å². The lowest BCUT2D eigenvalue weighted by atomic mass is 10.0. The van der Waals surface area contributed by atoms with Crippen LogP contribution < -0.4 is 10.6 Å². The van der Waals surface area contributed by atoms with E-state index in [-0.39, 0.29) is 5.82 Å². The van der Waals surface area contributed by atoms with Gasteiger partial charge in [-0.1, -0.05) is 0 Å². The number of rotatable bonds is 6.